The normalized spacial score (nSPS) is 13.7. The molecule has 26 heavy (non-hydrogen) atoms. The number of hydrogen-bond acceptors (Lipinski definition) is 2. The summed E-state index contributed by atoms with van der Waals surface area (Å²) in [6.45, 7) is 1.93. The Balaban J connectivity index is 1.62. The van der Waals surface area contributed by atoms with Gasteiger partial charge in [0.1, 0.15) is 5.82 Å². The fourth-order valence-electron chi connectivity index (χ4n) is 3.06. The van der Waals surface area contributed by atoms with Crippen LogP contribution in [0.25, 0.3) is 11.1 Å². The van der Waals surface area contributed by atoms with E-state index in [2.05, 4.69) is 5.32 Å². The van der Waals surface area contributed by atoms with Gasteiger partial charge in [-0.1, -0.05) is 23.7 Å². The summed E-state index contributed by atoms with van der Waals surface area (Å²) in [6.07, 6.45) is 2.41. The minimum atomic E-state index is -0.407. The van der Waals surface area contributed by atoms with Gasteiger partial charge < -0.3 is 10.2 Å². The van der Waals surface area contributed by atoms with E-state index in [1.165, 1.54) is 12.1 Å². The second-order valence-corrected chi connectivity index (χ2v) is 6.71. The number of likely N-dealkylation sites (tertiary alicyclic amines) is 1. The number of hydrogen-bond donors (Lipinski definition) is 1. The van der Waals surface area contributed by atoms with Crippen molar-refractivity contribution in [3.8, 4) is 11.1 Å². The molecule has 1 fully saturated rings. The summed E-state index contributed by atoms with van der Waals surface area (Å²) in [4.78, 5) is 26.2. The van der Waals surface area contributed by atoms with Crippen molar-refractivity contribution in [1.29, 1.82) is 0 Å². The van der Waals surface area contributed by atoms with Gasteiger partial charge in [0.15, 0.2) is 0 Å². The average Bonchev–Trinajstić information content (AvgIpc) is 3.16. The lowest BCUT2D eigenvalue weighted by molar-refractivity contribution is -0.129. The number of rotatable bonds is 5. The number of carbonyl (C=O) groups is 2. The summed E-state index contributed by atoms with van der Waals surface area (Å²) in [7, 11) is 0. The summed E-state index contributed by atoms with van der Waals surface area (Å²) >= 11 is 6.09. The van der Waals surface area contributed by atoms with Crippen molar-refractivity contribution in [2.24, 2.45) is 0 Å². The Kier molecular flexibility index (Phi) is 5.89. The van der Waals surface area contributed by atoms with Crippen LogP contribution >= 0.6 is 11.6 Å². The standard InChI is InChI=1S/C20H20ClFN2O2/c21-18-13-16(22)6-7-17(18)14-4-3-5-15(12-14)20(26)23-9-8-19(25)24-10-1-2-11-24/h3-7,12-13H,1-2,8-11H2,(H,23,26). The fraction of sp³-hybridized carbons (Fsp3) is 0.300. The third-order valence-electron chi connectivity index (χ3n) is 4.45. The van der Waals surface area contributed by atoms with Gasteiger partial charge in [-0.05, 0) is 48.7 Å². The molecule has 0 spiro atoms. The van der Waals surface area contributed by atoms with Crippen LogP contribution in [0.3, 0.4) is 0 Å². The van der Waals surface area contributed by atoms with Crippen LogP contribution in [0.5, 0.6) is 0 Å². The van der Waals surface area contributed by atoms with Crippen LogP contribution in [0, 0.1) is 5.82 Å². The zero-order valence-corrected chi connectivity index (χ0v) is 15.1. The molecular weight excluding hydrogens is 355 g/mol. The highest BCUT2D eigenvalue weighted by molar-refractivity contribution is 6.33. The van der Waals surface area contributed by atoms with E-state index in [1.54, 1.807) is 24.3 Å². The largest absolute Gasteiger partial charge is 0.352 e. The Morgan fingerprint density at radius 2 is 1.88 bits per heavy atom. The maximum absolute atomic E-state index is 13.2. The summed E-state index contributed by atoms with van der Waals surface area (Å²) < 4.78 is 13.2. The van der Waals surface area contributed by atoms with E-state index in [9.17, 15) is 14.0 Å². The van der Waals surface area contributed by atoms with E-state index in [1.807, 2.05) is 11.0 Å². The van der Waals surface area contributed by atoms with Gasteiger partial charge in [-0.2, -0.15) is 0 Å². The van der Waals surface area contributed by atoms with E-state index in [0.29, 0.717) is 29.1 Å². The quantitative estimate of drug-likeness (QED) is 0.863. The Labute approximate surface area is 157 Å². The van der Waals surface area contributed by atoms with Crippen LogP contribution < -0.4 is 5.32 Å². The Bertz CT molecular complexity index is 819. The van der Waals surface area contributed by atoms with E-state index in [0.717, 1.165) is 31.5 Å². The first-order valence-electron chi connectivity index (χ1n) is 8.66. The lowest BCUT2D eigenvalue weighted by Crippen LogP contribution is -2.32. The Morgan fingerprint density at radius 3 is 2.62 bits per heavy atom. The number of amides is 2. The molecule has 2 amide bonds. The first kappa shape index (κ1) is 18.4. The van der Waals surface area contributed by atoms with Crippen molar-refractivity contribution in [3.05, 3.63) is 58.9 Å². The van der Waals surface area contributed by atoms with Gasteiger partial charge in [0.2, 0.25) is 5.91 Å². The molecule has 1 N–H and O–H groups in total. The second-order valence-electron chi connectivity index (χ2n) is 6.30. The maximum atomic E-state index is 13.2. The van der Waals surface area contributed by atoms with Gasteiger partial charge in [-0.25, -0.2) is 4.39 Å². The molecule has 0 unspecified atom stereocenters. The number of nitrogens with zero attached hydrogens (tertiary/aromatic N) is 1. The van der Waals surface area contributed by atoms with Crippen LogP contribution in [0.2, 0.25) is 5.02 Å². The van der Waals surface area contributed by atoms with E-state index < -0.39 is 5.82 Å². The molecule has 2 aromatic carbocycles. The minimum absolute atomic E-state index is 0.0784. The van der Waals surface area contributed by atoms with Gasteiger partial charge >= 0.3 is 0 Å². The predicted octanol–water partition coefficient (Wildman–Crippen LogP) is 3.89. The van der Waals surface area contributed by atoms with Crippen LogP contribution in [0.4, 0.5) is 4.39 Å². The van der Waals surface area contributed by atoms with Crippen LogP contribution in [-0.4, -0.2) is 36.3 Å². The molecule has 4 nitrogen and oxygen atoms in total. The summed E-state index contributed by atoms with van der Waals surface area (Å²) in [5.41, 5.74) is 1.86. The molecule has 0 bridgehead atoms. The number of benzene rings is 2. The lowest BCUT2D eigenvalue weighted by Gasteiger charge is -2.15. The molecule has 1 heterocycles. The molecule has 136 valence electrons. The number of nitrogens with one attached hydrogen (secondary N) is 1. The van der Waals surface area contributed by atoms with Crippen molar-refractivity contribution < 1.29 is 14.0 Å². The van der Waals surface area contributed by atoms with Crippen LogP contribution in [-0.2, 0) is 4.79 Å². The zero-order chi connectivity index (χ0) is 18.5. The van der Waals surface area contributed by atoms with Gasteiger partial charge in [0, 0.05) is 37.2 Å². The molecule has 0 saturated carbocycles. The van der Waals surface area contributed by atoms with Crippen LogP contribution in [0.15, 0.2) is 42.5 Å². The van der Waals surface area contributed by atoms with E-state index in [-0.39, 0.29) is 11.8 Å². The monoisotopic (exact) mass is 374 g/mol. The third-order valence-corrected chi connectivity index (χ3v) is 4.76. The molecule has 2 aromatic rings. The molecule has 1 aliphatic heterocycles. The first-order chi connectivity index (χ1) is 12.5. The average molecular weight is 375 g/mol. The Morgan fingerprint density at radius 1 is 1.12 bits per heavy atom. The molecule has 1 saturated heterocycles. The van der Waals surface area contributed by atoms with Crippen molar-refractivity contribution in [3.63, 3.8) is 0 Å². The highest BCUT2D eigenvalue weighted by atomic mass is 35.5. The highest BCUT2D eigenvalue weighted by Gasteiger charge is 2.17. The first-order valence-corrected chi connectivity index (χ1v) is 9.04. The minimum Gasteiger partial charge on any atom is -0.352 e. The van der Waals surface area contributed by atoms with Gasteiger partial charge in [-0.3, -0.25) is 9.59 Å². The number of carbonyl (C=O) groups excluding carboxylic acids is 2. The summed E-state index contributed by atoms with van der Waals surface area (Å²) in [6, 6.07) is 11.1. The SMILES string of the molecule is O=C(NCCC(=O)N1CCCC1)c1cccc(-c2ccc(F)cc2Cl)c1. The topological polar surface area (TPSA) is 49.4 Å². The number of halogens is 2. The third kappa shape index (κ3) is 4.41. The second kappa shape index (κ2) is 8.32. The highest BCUT2D eigenvalue weighted by Crippen LogP contribution is 2.29. The molecule has 0 atom stereocenters. The zero-order valence-electron chi connectivity index (χ0n) is 14.3. The molecular formula is C20H20ClFN2O2. The predicted molar refractivity (Wildman–Crippen MR) is 99.6 cm³/mol. The lowest BCUT2D eigenvalue weighted by atomic mass is 10.0. The summed E-state index contributed by atoms with van der Waals surface area (Å²) in [5, 5.41) is 3.07. The molecule has 0 radical (unpaired) electrons. The maximum Gasteiger partial charge on any atom is 0.251 e. The van der Waals surface area contributed by atoms with Crippen molar-refractivity contribution in [2.75, 3.05) is 19.6 Å². The van der Waals surface area contributed by atoms with Gasteiger partial charge in [0.05, 0.1) is 5.02 Å². The molecule has 6 heteroatoms. The van der Waals surface area contributed by atoms with Crippen molar-refractivity contribution in [1.82, 2.24) is 10.2 Å². The molecule has 1 aliphatic rings. The Hall–Kier alpha value is -2.40. The van der Waals surface area contributed by atoms with Crippen LogP contribution in [0.1, 0.15) is 29.6 Å². The van der Waals surface area contributed by atoms with Gasteiger partial charge in [0.25, 0.3) is 5.91 Å². The molecule has 0 aromatic heterocycles. The van der Waals surface area contributed by atoms with Crippen molar-refractivity contribution in [2.45, 2.75) is 19.3 Å². The molecule has 0 aliphatic carbocycles. The summed E-state index contributed by atoms with van der Waals surface area (Å²) in [5.74, 6) is -0.579. The van der Waals surface area contributed by atoms with Crippen molar-refractivity contribution >= 4 is 23.4 Å². The molecule has 3 rings (SSSR count). The van der Waals surface area contributed by atoms with E-state index >= 15 is 0 Å². The van der Waals surface area contributed by atoms with Gasteiger partial charge in [-0.15, -0.1) is 0 Å². The van der Waals surface area contributed by atoms with E-state index in [4.69, 9.17) is 11.6 Å². The smallest absolute Gasteiger partial charge is 0.251 e. The fourth-order valence-corrected chi connectivity index (χ4v) is 3.34.